The second-order valence-corrected chi connectivity index (χ2v) is 6.39. The minimum absolute atomic E-state index is 0.203. The van der Waals surface area contributed by atoms with Gasteiger partial charge in [-0.05, 0) is 46.1 Å². The van der Waals surface area contributed by atoms with E-state index >= 15 is 0 Å². The van der Waals surface area contributed by atoms with E-state index in [1.54, 1.807) is 11.9 Å². The van der Waals surface area contributed by atoms with Gasteiger partial charge in [-0.2, -0.15) is 0 Å². The molecule has 1 fully saturated rings. The molecule has 19 heavy (non-hydrogen) atoms. The first-order chi connectivity index (χ1) is 8.81. The minimum atomic E-state index is -0.444. The largest absolute Gasteiger partial charge is 0.444 e. The maximum absolute atomic E-state index is 11.9. The van der Waals surface area contributed by atoms with Crippen LogP contribution in [0.25, 0.3) is 0 Å². The molecule has 1 saturated heterocycles. The number of hydrogen-bond acceptors (Lipinski definition) is 4. The van der Waals surface area contributed by atoms with Crippen LogP contribution < -0.4 is 0 Å². The molecule has 112 valence electrons. The third-order valence-electron chi connectivity index (χ3n) is 3.26. The third kappa shape index (κ3) is 6.25. The van der Waals surface area contributed by atoms with E-state index in [4.69, 9.17) is 9.84 Å². The molecule has 0 bridgehead atoms. The van der Waals surface area contributed by atoms with Gasteiger partial charge in [0, 0.05) is 26.7 Å². The molecule has 0 aromatic rings. The normalized spacial score (nSPS) is 21.2. The summed E-state index contributed by atoms with van der Waals surface area (Å²) in [6.45, 7) is 9.28. The van der Waals surface area contributed by atoms with Crippen LogP contribution in [0.4, 0.5) is 4.79 Å². The molecular formula is C14H28N2O3. The number of piperidine rings is 1. The van der Waals surface area contributed by atoms with E-state index in [1.165, 1.54) is 0 Å². The van der Waals surface area contributed by atoms with E-state index < -0.39 is 5.60 Å². The van der Waals surface area contributed by atoms with Gasteiger partial charge in [0.05, 0.1) is 6.61 Å². The summed E-state index contributed by atoms with van der Waals surface area (Å²) in [5, 5.41) is 8.98. The smallest absolute Gasteiger partial charge is 0.410 e. The van der Waals surface area contributed by atoms with E-state index in [0.29, 0.717) is 5.92 Å². The van der Waals surface area contributed by atoms with Gasteiger partial charge < -0.3 is 19.6 Å². The van der Waals surface area contributed by atoms with Crippen molar-refractivity contribution in [1.82, 2.24) is 9.80 Å². The average Bonchev–Trinajstić information content (AvgIpc) is 2.27. The zero-order valence-electron chi connectivity index (χ0n) is 12.7. The SMILES string of the molecule is CN(C[C@H]1CCCN(CCO)C1)C(=O)OC(C)(C)C. The molecule has 0 unspecified atom stereocenters. The van der Waals surface area contributed by atoms with E-state index in [-0.39, 0.29) is 12.7 Å². The van der Waals surface area contributed by atoms with Crippen LogP contribution in [0.3, 0.4) is 0 Å². The quantitative estimate of drug-likeness (QED) is 0.844. The fourth-order valence-electron chi connectivity index (χ4n) is 2.45. The Labute approximate surface area is 116 Å². The number of likely N-dealkylation sites (tertiary alicyclic amines) is 1. The molecule has 0 aliphatic carbocycles. The molecule has 0 aromatic carbocycles. The van der Waals surface area contributed by atoms with Gasteiger partial charge in [-0.15, -0.1) is 0 Å². The Kier molecular flexibility index (Phi) is 6.07. The first kappa shape index (κ1) is 16.2. The zero-order valence-corrected chi connectivity index (χ0v) is 12.7. The second-order valence-electron chi connectivity index (χ2n) is 6.39. The highest BCUT2D eigenvalue weighted by atomic mass is 16.6. The molecule has 1 heterocycles. The molecule has 0 radical (unpaired) electrons. The number of carbonyl (C=O) groups excluding carboxylic acids is 1. The van der Waals surface area contributed by atoms with Crippen LogP contribution in [0.2, 0.25) is 0 Å². The van der Waals surface area contributed by atoms with Crippen molar-refractivity contribution in [2.24, 2.45) is 5.92 Å². The van der Waals surface area contributed by atoms with E-state index in [0.717, 1.165) is 39.0 Å². The predicted molar refractivity (Wildman–Crippen MR) is 75.1 cm³/mol. The number of nitrogens with zero attached hydrogens (tertiary/aromatic N) is 2. The van der Waals surface area contributed by atoms with Crippen molar-refractivity contribution in [3.8, 4) is 0 Å². The summed E-state index contributed by atoms with van der Waals surface area (Å²) in [6.07, 6.45) is 2.01. The molecule has 0 aromatic heterocycles. The average molecular weight is 272 g/mol. The third-order valence-corrected chi connectivity index (χ3v) is 3.26. The number of aliphatic hydroxyl groups excluding tert-OH is 1. The summed E-state index contributed by atoms with van der Waals surface area (Å²) in [7, 11) is 1.79. The lowest BCUT2D eigenvalue weighted by Crippen LogP contribution is -2.43. The highest BCUT2D eigenvalue weighted by Gasteiger charge is 2.25. The van der Waals surface area contributed by atoms with Crippen molar-refractivity contribution in [3.05, 3.63) is 0 Å². The molecular weight excluding hydrogens is 244 g/mol. The summed E-state index contributed by atoms with van der Waals surface area (Å²) in [5.41, 5.74) is -0.444. The number of amides is 1. The fraction of sp³-hybridized carbons (Fsp3) is 0.929. The van der Waals surface area contributed by atoms with E-state index in [2.05, 4.69) is 4.90 Å². The van der Waals surface area contributed by atoms with Crippen molar-refractivity contribution >= 4 is 6.09 Å². The Balaban J connectivity index is 2.39. The summed E-state index contributed by atoms with van der Waals surface area (Å²) < 4.78 is 5.35. The van der Waals surface area contributed by atoms with Gasteiger partial charge in [0.2, 0.25) is 0 Å². The highest BCUT2D eigenvalue weighted by molar-refractivity contribution is 5.67. The molecule has 1 amide bonds. The maximum atomic E-state index is 11.9. The Morgan fingerprint density at radius 1 is 1.47 bits per heavy atom. The van der Waals surface area contributed by atoms with Crippen molar-refractivity contribution in [3.63, 3.8) is 0 Å². The van der Waals surface area contributed by atoms with Crippen LogP contribution in [0.5, 0.6) is 0 Å². The van der Waals surface area contributed by atoms with Gasteiger partial charge in [0.1, 0.15) is 5.60 Å². The number of β-amino-alcohol motifs (C(OH)–C–C–N with tert-alkyl or cyclic N) is 1. The summed E-state index contributed by atoms with van der Waals surface area (Å²) >= 11 is 0. The summed E-state index contributed by atoms with van der Waals surface area (Å²) in [5.74, 6) is 0.470. The minimum Gasteiger partial charge on any atom is -0.444 e. The number of ether oxygens (including phenoxy) is 1. The Morgan fingerprint density at radius 3 is 2.74 bits per heavy atom. The van der Waals surface area contributed by atoms with Crippen LogP contribution in [-0.4, -0.2) is 66.4 Å². The first-order valence-electron chi connectivity index (χ1n) is 7.09. The lowest BCUT2D eigenvalue weighted by molar-refractivity contribution is 0.0239. The van der Waals surface area contributed by atoms with Gasteiger partial charge in [0.15, 0.2) is 0 Å². The monoisotopic (exact) mass is 272 g/mol. The molecule has 1 rings (SSSR count). The number of rotatable bonds is 4. The van der Waals surface area contributed by atoms with Gasteiger partial charge in [-0.1, -0.05) is 0 Å². The summed E-state index contributed by atoms with van der Waals surface area (Å²) in [4.78, 5) is 15.8. The van der Waals surface area contributed by atoms with Crippen LogP contribution in [0.1, 0.15) is 33.6 Å². The van der Waals surface area contributed by atoms with Crippen molar-refractivity contribution in [2.45, 2.75) is 39.2 Å². The van der Waals surface area contributed by atoms with Crippen molar-refractivity contribution in [1.29, 1.82) is 0 Å². The van der Waals surface area contributed by atoms with Crippen LogP contribution in [-0.2, 0) is 4.74 Å². The van der Waals surface area contributed by atoms with Crippen LogP contribution in [0.15, 0.2) is 0 Å². The maximum Gasteiger partial charge on any atom is 0.410 e. The van der Waals surface area contributed by atoms with Crippen LogP contribution >= 0.6 is 0 Å². The molecule has 5 nitrogen and oxygen atoms in total. The van der Waals surface area contributed by atoms with Gasteiger partial charge >= 0.3 is 6.09 Å². The molecule has 1 aliphatic heterocycles. The van der Waals surface area contributed by atoms with Gasteiger partial charge in [-0.25, -0.2) is 4.79 Å². The number of hydrogen-bond donors (Lipinski definition) is 1. The standard InChI is InChI=1S/C14H28N2O3/c1-14(2,3)19-13(18)15(4)10-12-6-5-7-16(11-12)8-9-17/h12,17H,5-11H2,1-4H3/t12-/m1/s1. The Hall–Kier alpha value is -0.810. The second kappa shape index (κ2) is 7.10. The van der Waals surface area contributed by atoms with E-state index in [9.17, 15) is 4.79 Å². The van der Waals surface area contributed by atoms with Crippen molar-refractivity contribution < 1.29 is 14.6 Å². The lowest BCUT2D eigenvalue weighted by atomic mass is 9.97. The highest BCUT2D eigenvalue weighted by Crippen LogP contribution is 2.18. The Morgan fingerprint density at radius 2 is 2.16 bits per heavy atom. The molecule has 1 N–H and O–H groups in total. The van der Waals surface area contributed by atoms with Gasteiger partial charge in [-0.3, -0.25) is 0 Å². The first-order valence-corrected chi connectivity index (χ1v) is 7.09. The van der Waals surface area contributed by atoms with E-state index in [1.807, 2.05) is 20.8 Å². The summed E-state index contributed by atoms with van der Waals surface area (Å²) in [6, 6.07) is 0. The fourth-order valence-corrected chi connectivity index (χ4v) is 2.45. The molecule has 5 heteroatoms. The lowest BCUT2D eigenvalue weighted by Gasteiger charge is -2.34. The zero-order chi connectivity index (χ0) is 14.5. The predicted octanol–water partition coefficient (Wildman–Crippen LogP) is 1.56. The topological polar surface area (TPSA) is 53.0 Å². The number of aliphatic hydroxyl groups is 1. The molecule has 1 atom stereocenters. The molecule has 1 aliphatic rings. The van der Waals surface area contributed by atoms with Crippen molar-refractivity contribution in [2.75, 3.05) is 39.8 Å². The molecule has 0 saturated carbocycles. The van der Waals surface area contributed by atoms with Gasteiger partial charge in [0.25, 0.3) is 0 Å². The number of carbonyl (C=O) groups is 1. The Bertz CT molecular complexity index is 287. The van der Waals surface area contributed by atoms with Crippen LogP contribution in [0, 0.1) is 5.92 Å². The molecule has 0 spiro atoms.